The zero-order valence-corrected chi connectivity index (χ0v) is 16.5. The first kappa shape index (κ1) is 20.5. The normalized spacial score (nSPS) is 19.3. The maximum Gasteiger partial charge on any atom is 0.434 e. The highest BCUT2D eigenvalue weighted by Crippen LogP contribution is 2.36. The lowest BCUT2D eigenvalue weighted by molar-refractivity contribution is -0.140. The Bertz CT molecular complexity index is 834. The zero-order valence-electron chi connectivity index (χ0n) is 15.6. The quantitative estimate of drug-likeness (QED) is 0.563. The van der Waals surface area contributed by atoms with Crippen LogP contribution in [0.25, 0.3) is 0 Å². The fourth-order valence-corrected chi connectivity index (χ4v) is 4.80. The molecule has 1 aliphatic carbocycles. The van der Waals surface area contributed by atoms with Crippen LogP contribution in [0.2, 0.25) is 0 Å². The molecule has 1 aromatic heterocycles. The standard InChI is InChI=1S/C20H21F5N2OS/c21-15-6-13(12-4-2-1-3-5-12)7-16(22)19(15)28-14-8-27(9-14)10-18-26-17(11-29-18)20(23,24)25/h6-7,11-12,14H,1-5,8-10H2. The molecule has 0 spiro atoms. The fourth-order valence-electron chi connectivity index (χ4n) is 3.96. The van der Waals surface area contributed by atoms with Crippen molar-refractivity contribution in [3.05, 3.63) is 45.4 Å². The predicted molar refractivity (Wildman–Crippen MR) is 99.0 cm³/mol. The Morgan fingerprint density at radius 3 is 2.31 bits per heavy atom. The number of hydrogen-bond acceptors (Lipinski definition) is 4. The van der Waals surface area contributed by atoms with Crippen LogP contribution in [0.5, 0.6) is 5.75 Å². The van der Waals surface area contributed by atoms with Gasteiger partial charge in [0.05, 0.1) is 6.54 Å². The number of aromatic nitrogens is 1. The number of likely N-dealkylation sites (tertiary alicyclic amines) is 1. The van der Waals surface area contributed by atoms with Gasteiger partial charge in [-0.1, -0.05) is 19.3 Å². The molecule has 0 atom stereocenters. The Labute approximate surface area is 169 Å². The van der Waals surface area contributed by atoms with Gasteiger partial charge in [0.1, 0.15) is 11.1 Å². The molecule has 158 valence electrons. The van der Waals surface area contributed by atoms with Gasteiger partial charge in [-0.2, -0.15) is 13.2 Å². The number of benzene rings is 1. The van der Waals surface area contributed by atoms with Gasteiger partial charge in [-0.15, -0.1) is 11.3 Å². The molecule has 2 fully saturated rings. The van der Waals surface area contributed by atoms with Crippen molar-refractivity contribution >= 4 is 11.3 Å². The number of ether oxygens (including phenoxy) is 1. The van der Waals surface area contributed by atoms with Gasteiger partial charge in [0, 0.05) is 18.5 Å². The highest BCUT2D eigenvalue weighted by atomic mass is 32.1. The first-order valence-corrected chi connectivity index (χ1v) is 10.6. The molecule has 1 aliphatic heterocycles. The van der Waals surface area contributed by atoms with Gasteiger partial charge in [0.25, 0.3) is 0 Å². The molecule has 0 N–H and O–H groups in total. The summed E-state index contributed by atoms with van der Waals surface area (Å²) in [4.78, 5) is 5.41. The lowest BCUT2D eigenvalue weighted by atomic mass is 9.84. The highest BCUT2D eigenvalue weighted by Gasteiger charge is 2.35. The maximum atomic E-state index is 14.5. The molecular formula is C20H21F5N2OS. The summed E-state index contributed by atoms with van der Waals surface area (Å²) in [6, 6.07) is 2.75. The van der Waals surface area contributed by atoms with Crippen LogP contribution in [-0.4, -0.2) is 29.1 Å². The summed E-state index contributed by atoms with van der Waals surface area (Å²) in [5.74, 6) is -1.57. The summed E-state index contributed by atoms with van der Waals surface area (Å²) < 4.78 is 72.2. The molecule has 2 heterocycles. The Morgan fingerprint density at radius 1 is 1.07 bits per heavy atom. The molecule has 0 radical (unpaired) electrons. The summed E-state index contributed by atoms with van der Waals surface area (Å²) in [5, 5.41) is 1.34. The van der Waals surface area contributed by atoms with Crippen LogP contribution in [-0.2, 0) is 12.7 Å². The molecule has 1 aromatic carbocycles. The van der Waals surface area contributed by atoms with Gasteiger partial charge in [-0.3, -0.25) is 4.90 Å². The SMILES string of the molecule is Fc1cc(C2CCCCC2)cc(F)c1OC1CN(Cc2nc(C(F)(F)F)cs2)C1. The minimum absolute atomic E-state index is 0.195. The second-order valence-electron chi connectivity index (χ2n) is 7.71. The van der Waals surface area contributed by atoms with E-state index in [1.54, 1.807) is 0 Å². The molecule has 1 saturated carbocycles. The van der Waals surface area contributed by atoms with E-state index in [9.17, 15) is 22.0 Å². The molecule has 0 unspecified atom stereocenters. The number of rotatable bonds is 5. The molecule has 3 nitrogen and oxygen atoms in total. The number of halogens is 5. The van der Waals surface area contributed by atoms with E-state index in [1.165, 1.54) is 18.6 Å². The lowest BCUT2D eigenvalue weighted by Crippen LogP contribution is -2.53. The van der Waals surface area contributed by atoms with Crippen LogP contribution in [0.15, 0.2) is 17.5 Å². The summed E-state index contributed by atoms with van der Waals surface area (Å²) in [5.41, 5.74) is -0.209. The molecule has 9 heteroatoms. The van der Waals surface area contributed by atoms with E-state index in [0.29, 0.717) is 23.7 Å². The van der Waals surface area contributed by atoms with Crippen LogP contribution < -0.4 is 4.74 Å². The van der Waals surface area contributed by atoms with E-state index >= 15 is 0 Å². The second kappa shape index (κ2) is 8.18. The molecule has 4 rings (SSSR count). The van der Waals surface area contributed by atoms with E-state index in [0.717, 1.165) is 42.4 Å². The lowest BCUT2D eigenvalue weighted by Gasteiger charge is -2.38. The number of thiazole rings is 1. The fraction of sp³-hybridized carbons (Fsp3) is 0.550. The van der Waals surface area contributed by atoms with Crippen molar-refractivity contribution in [2.45, 2.75) is 56.8 Å². The summed E-state index contributed by atoms with van der Waals surface area (Å²) in [7, 11) is 0. The Balaban J connectivity index is 1.32. The number of nitrogens with zero attached hydrogens (tertiary/aromatic N) is 2. The van der Waals surface area contributed by atoms with Gasteiger partial charge < -0.3 is 4.74 Å². The van der Waals surface area contributed by atoms with Crippen LogP contribution in [0.4, 0.5) is 22.0 Å². The second-order valence-corrected chi connectivity index (χ2v) is 8.65. The molecule has 0 bridgehead atoms. The number of alkyl halides is 3. The van der Waals surface area contributed by atoms with E-state index in [1.807, 2.05) is 4.90 Å². The van der Waals surface area contributed by atoms with Gasteiger partial charge in [-0.25, -0.2) is 13.8 Å². The van der Waals surface area contributed by atoms with Gasteiger partial charge in [-0.05, 0) is 36.5 Å². The van der Waals surface area contributed by atoms with E-state index in [4.69, 9.17) is 4.74 Å². The van der Waals surface area contributed by atoms with Crippen molar-refractivity contribution in [3.63, 3.8) is 0 Å². The van der Waals surface area contributed by atoms with Gasteiger partial charge in [0.2, 0.25) is 0 Å². The van der Waals surface area contributed by atoms with Crippen molar-refractivity contribution in [1.82, 2.24) is 9.88 Å². The third-order valence-electron chi connectivity index (χ3n) is 5.51. The Morgan fingerprint density at radius 2 is 1.72 bits per heavy atom. The van der Waals surface area contributed by atoms with Crippen LogP contribution >= 0.6 is 11.3 Å². The summed E-state index contributed by atoms with van der Waals surface area (Å²) >= 11 is 0.946. The highest BCUT2D eigenvalue weighted by molar-refractivity contribution is 7.09. The minimum atomic E-state index is -4.45. The monoisotopic (exact) mass is 432 g/mol. The molecule has 2 aliphatic rings. The average molecular weight is 432 g/mol. The summed E-state index contributed by atoms with van der Waals surface area (Å²) in [6.45, 7) is 1.01. The largest absolute Gasteiger partial charge is 0.482 e. The van der Waals surface area contributed by atoms with Gasteiger partial charge in [0.15, 0.2) is 23.1 Å². The third-order valence-corrected chi connectivity index (χ3v) is 6.34. The molecule has 29 heavy (non-hydrogen) atoms. The average Bonchev–Trinajstić information content (AvgIpc) is 3.12. The zero-order chi connectivity index (χ0) is 20.6. The molecule has 1 saturated heterocycles. The number of hydrogen-bond donors (Lipinski definition) is 0. The maximum absolute atomic E-state index is 14.5. The van der Waals surface area contributed by atoms with Crippen molar-refractivity contribution in [3.8, 4) is 5.75 Å². The molecule has 0 amide bonds. The van der Waals surface area contributed by atoms with Crippen molar-refractivity contribution in [1.29, 1.82) is 0 Å². The van der Waals surface area contributed by atoms with Crippen LogP contribution in [0.3, 0.4) is 0 Å². The third kappa shape index (κ3) is 4.71. The first-order chi connectivity index (χ1) is 13.8. The smallest absolute Gasteiger partial charge is 0.434 e. The Kier molecular flexibility index (Phi) is 5.79. The van der Waals surface area contributed by atoms with E-state index in [-0.39, 0.29) is 18.2 Å². The Hall–Kier alpha value is -1.74. The van der Waals surface area contributed by atoms with Crippen molar-refractivity contribution in [2.75, 3.05) is 13.1 Å². The predicted octanol–water partition coefficient (Wildman–Crippen LogP) is 5.75. The minimum Gasteiger partial charge on any atom is -0.482 e. The van der Waals surface area contributed by atoms with Crippen LogP contribution in [0, 0.1) is 11.6 Å². The van der Waals surface area contributed by atoms with Crippen LogP contribution in [0.1, 0.15) is 54.3 Å². The molecule has 2 aromatic rings. The van der Waals surface area contributed by atoms with Crippen molar-refractivity contribution in [2.24, 2.45) is 0 Å². The van der Waals surface area contributed by atoms with E-state index in [2.05, 4.69) is 4.98 Å². The van der Waals surface area contributed by atoms with E-state index < -0.39 is 29.6 Å². The van der Waals surface area contributed by atoms with Gasteiger partial charge >= 0.3 is 6.18 Å². The summed E-state index contributed by atoms with van der Waals surface area (Å²) in [6.07, 6.45) is 0.364. The molecular weight excluding hydrogens is 411 g/mol. The first-order valence-electron chi connectivity index (χ1n) is 9.69. The topological polar surface area (TPSA) is 25.4 Å². The van der Waals surface area contributed by atoms with Crippen molar-refractivity contribution < 1.29 is 26.7 Å².